The fourth-order valence-corrected chi connectivity index (χ4v) is 5.60. The average Bonchev–Trinajstić information content (AvgIpc) is 2.89. The van der Waals surface area contributed by atoms with Crippen LogP contribution >= 0.6 is 23.5 Å². The van der Waals surface area contributed by atoms with Gasteiger partial charge in [0, 0.05) is 19.5 Å². The molecule has 0 fully saturated rings. The summed E-state index contributed by atoms with van der Waals surface area (Å²) in [7, 11) is 3.06. The summed E-state index contributed by atoms with van der Waals surface area (Å²) in [4.78, 5) is 25.7. The number of amides is 2. The van der Waals surface area contributed by atoms with Crippen molar-refractivity contribution in [1.29, 1.82) is 0 Å². The molecule has 2 atom stereocenters. The number of methoxy groups -OCH3 is 2. The number of benzene rings is 1. The first kappa shape index (κ1) is 32.4. The van der Waals surface area contributed by atoms with Gasteiger partial charge in [-0.25, -0.2) is 0 Å². The van der Waals surface area contributed by atoms with E-state index in [1.807, 2.05) is 23.5 Å². The number of hydrogen-bond donors (Lipinski definition) is 3. The molecule has 1 rings (SSSR count). The van der Waals surface area contributed by atoms with Gasteiger partial charge in [0.25, 0.3) is 0 Å². The molecule has 36 heavy (non-hydrogen) atoms. The van der Waals surface area contributed by atoms with Crippen molar-refractivity contribution >= 4 is 35.3 Å². The Balaban J connectivity index is 2.73. The van der Waals surface area contributed by atoms with Crippen LogP contribution in [0.4, 0.5) is 0 Å². The molecule has 3 N–H and O–H groups in total. The molecule has 0 saturated carbocycles. The fourth-order valence-electron chi connectivity index (χ4n) is 3.50. The van der Waals surface area contributed by atoms with Crippen LogP contribution in [0.25, 0.3) is 0 Å². The molecule has 1 aromatic carbocycles. The molecule has 0 spiro atoms. The smallest absolute Gasteiger partial charge is 0.226 e. The van der Waals surface area contributed by atoms with Crippen molar-refractivity contribution in [2.45, 2.75) is 64.9 Å². The summed E-state index contributed by atoms with van der Waals surface area (Å²) in [5, 5.41) is 17.0. The third-order valence-electron chi connectivity index (χ3n) is 5.71. The van der Waals surface area contributed by atoms with Gasteiger partial charge in [0.2, 0.25) is 11.8 Å². The molecule has 9 heteroatoms. The monoisotopic (exact) mass is 542 g/mol. The first-order chi connectivity index (χ1) is 17.5. The number of aliphatic hydroxyl groups is 1. The van der Waals surface area contributed by atoms with E-state index in [-0.39, 0.29) is 18.2 Å². The number of carbonyl (C=O) groups is 2. The molecule has 0 aliphatic carbocycles. The van der Waals surface area contributed by atoms with E-state index in [2.05, 4.69) is 24.5 Å². The van der Waals surface area contributed by atoms with Crippen molar-refractivity contribution in [2.24, 2.45) is 5.92 Å². The van der Waals surface area contributed by atoms with E-state index in [1.54, 1.807) is 18.2 Å². The maximum Gasteiger partial charge on any atom is 0.226 e. The zero-order valence-corrected chi connectivity index (χ0v) is 24.1. The zero-order chi connectivity index (χ0) is 26.6. The van der Waals surface area contributed by atoms with Crippen LogP contribution in [0.2, 0.25) is 0 Å². The van der Waals surface area contributed by atoms with Gasteiger partial charge >= 0.3 is 0 Å². The Morgan fingerprint density at radius 3 is 1.97 bits per heavy atom. The Kier molecular flexibility index (Phi) is 18.5. The highest BCUT2D eigenvalue weighted by Crippen LogP contribution is 2.33. The molecule has 0 aliphatic heterocycles. The van der Waals surface area contributed by atoms with E-state index in [1.165, 1.54) is 39.9 Å². The SMILES string of the molecule is CCCCSCCCNC(=O)C[C@H](C(=O)NCCCSCCCC)[C@H](O)c1ccc(OC)c(OC)c1. The largest absolute Gasteiger partial charge is 0.493 e. The van der Waals surface area contributed by atoms with E-state index in [4.69, 9.17) is 9.47 Å². The van der Waals surface area contributed by atoms with Crippen LogP contribution in [0.5, 0.6) is 11.5 Å². The van der Waals surface area contributed by atoms with Gasteiger partial charge in [0.05, 0.1) is 26.2 Å². The van der Waals surface area contributed by atoms with Crippen LogP contribution in [0.1, 0.15) is 70.5 Å². The molecule has 0 unspecified atom stereocenters. The second kappa shape index (κ2) is 20.5. The predicted molar refractivity (Wildman–Crippen MR) is 152 cm³/mol. The summed E-state index contributed by atoms with van der Waals surface area (Å²) in [6.07, 6.45) is 5.26. The van der Waals surface area contributed by atoms with E-state index in [0.29, 0.717) is 30.2 Å². The van der Waals surface area contributed by atoms with Gasteiger partial charge in [-0.2, -0.15) is 23.5 Å². The Morgan fingerprint density at radius 1 is 0.861 bits per heavy atom. The molecule has 0 aliphatic rings. The Bertz CT molecular complexity index is 751. The lowest BCUT2D eigenvalue weighted by Gasteiger charge is -2.23. The van der Waals surface area contributed by atoms with Crippen molar-refractivity contribution < 1.29 is 24.2 Å². The summed E-state index contributed by atoms with van der Waals surface area (Å²) in [5.41, 5.74) is 0.503. The van der Waals surface area contributed by atoms with Crippen LogP contribution in [0, 0.1) is 5.92 Å². The Hall–Kier alpha value is -1.58. The molecule has 0 radical (unpaired) electrons. The van der Waals surface area contributed by atoms with Crippen molar-refractivity contribution in [3.05, 3.63) is 23.8 Å². The number of hydrogen-bond acceptors (Lipinski definition) is 7. The Labute approximate surface area is 226 Å². The van der Waals surface area contributed by atoms with Gasteiger partial charge < -0.3 is 25.2 Å². The number of carbonyl (C=O) groups excluding carboxylic acids is 2. The highest BCUT2D eigenvalue weighted by atomic mass is 32.2. The quantitative estimate of drug-likeness (QED) is 0.192. The van der Waals surface area contributed by atoms with Crippen molar-refractivity contribution in [2.75, 3.05) is 50.3 Å². The second-order valence-electron chi connectivity index (χ2n) is 8.65. The molecule has 206 valence electrons. The van der Waals surface area contributed by atoms with Gasteiger partial charge in [-0.1, -0.05) is 32.8 Å². The summed E-state index contributed by atoms with van der Waals surface area (Å²) in [6.45, 7) is 5.43. The average molecular weight is 543 g/mol. The van der Waals surface area contributed by atoms with Crippen LogP contribution in [-0.2, 0) is 9.59 Å². The molecule has 0 saturated heterocycles. The fraction of sp³-hybridized carbons (Fsp3) is 0.704. The first-order valence-corrected chi connectivity index (χ1v) is 15.4. The lowest BCUT2D eigenvalue weighted by molar-refractivity contribution is -0.134. The lowest BCUT2D eigenvalue weighted by atomic mass is 9.91. The van der Waals surface area contributed by atoms with Crippen molar-refractivity contribution in [1.82, 2.24) is 10.6 Å². The highest BCUT2D eigenvalue weighted by Gasteiger charge is 2.31. The molecular formula is C27H46N2O5S2. The summed E-state index contributed by atoms with van der Waals surface area (Å²) in [5.74, 6) is 3.77. The van der Waals surface area contributed by atoms with Gasteiger partial charge in [-0.3, -0.25) is 9.59 Å². The summed E-state index contributed by atoms with van der Waals surface area (Å²) in [6, 6.07) is 5.04. The molecule has 0 bridgehead atoms. The first-order valence-electron chi connectivity index (χ1n) is 13.1. The molecule has 0 aromatic heterocycles. The minimum atomic E-state index is -1.15. The third-order valence-corrected chi connectivity index (χ3v) is 8.02. The number of rotatable bonds is 21. The lowest BCUT2D eigenvalue weighted by Crippen LogP contribution is -2.38. The zero-order valence-electron chi connectivity index (χ0n) is 22.5. The topological polar surface area (TPSA) is 96.9 Å². The van der Waals surface area contributed by atoms with Crippen molar-refractivity contribution in [3.63, 3.8) is 0 Å². The van der Waals surface area contributed by atoms with Crippen molar-refractivity contribution in [3.8, 4) is 11.5 Å². The number of nitrogens with one attached hydrogen (secondary N) is 2. The summed E-state index contributed by atoms with van der Waals surface area (Å²) >= 11 is 3.78. The molecule has 1 aromatic rings. The molecule has 0 heterocycles. The third kappa shape index (κ3) is 13.1. The molecular weight excluding hydrogens is 496 g/mol. The van der Waals surface area contributed by atoms with Crippen LogP contribution in [-0.4, -0.2) is 67.2 Å². The van der Waals surface area contributed by atoms with E-state index in [9.17, 15) is 14.7 Å². The van der Waals surface area contributed by atoms with Crippen LogP contribution in [0.15, 0.2) is 18.2 Å². The minimum absolute atomic E-state index is 0.0877. The number of unbranched alkanes of at least 4 members (excludes halogenated alkanes) is 2. The highest BCUT2D eigenvalue weighted by molar-refractivity contribution is 7.99. The van der Waals surface area contributed by atoms with E-state index < -0.39 is 12.0 Å². The predicted octanol–water partition coefficient (Wildman–Crippen LogP) is 4.82. The van der Waals surface area contributed by atoms with Gasteiger partial charge in [-0.05, 0) is 66.4 Å². The normalized spacial score (nSPS) is 12.6. The molecule has 2 amide bonds. The minimum Gasteiger partial charge on any atom is -0.493 e. The standard InChI is InChI=1S/C27H46N2O5S2/c1-5-7-15-35-17-9-13-28-25(30)20-22(27(32)29-14-10-18-36-16-8-6-2)26(31)21-11-12-23(33-3)24(19-21)34-4/h11-12,19,22,26,31H,5-10,13-18,20H2,1-4H3,(H,28,30)(H,29,32)/t22-,26+/m0/s1. The van der Waals surface area contributed by atoms with Gasteiger partial charge in [0.15, 0.2) is 11.5 Å². The Morgan fingerprint density at radius 2 is 1.42 bits per heavy atom. The van der Waals surface area contributed by atoms with Crippen LogP contribution in [0.3, 0.4) is 0 Å². The molecule has 7 nitrogen and oxygen atoms in total. The number of aliphatic hydroxyl groups excluding tert-OH is 1. The maximum absolute atomic E-state index is 13.1. The second-order valence-corrected chi connectivity index (χ2v) is 11.1. The van der Waals surface area contributed by atoms with E-state index >= 15 is 0 Å². The van der Waals surface area contributed by atoms with Gasteiger partial charge in [0.1, 0.15) is 0 Å². The summed E-state index contributed by atoms with van der Waals surface area (Å²) < 4.78 is 10.6. The van der Waals surface area contributed by atoms with E-state index in [0.717, 1.165) is 35.9 Å². The van der Waals surface area contributed by atoms with Gasteiger partial charge in [-0.15, -0.1) is 0 Å². The maximum atomic E-state index is 13.1. The number of thioether (sulfide) groups is 2. The number of ether oxygens (including phenoxy) is 2. The van der Waals surface area contributed by atoms with Crippen LogP contribution < -0.4 is 20.1 Å².